The van der Waals surface area contributed by atoms with Gasteiger partial charge < -0.3 is 15.8 Å². The molecule has 0 amide bonds. The Labute approximate surface area is 122 Å². The lowest BCUT2D eigenvalue weighted by molar-refractivity contribution is 0.244. The largest absolute Gasteiger partial charge is 0.489 e. The van der Waals surface area contributed by atoms with Crippen LogP contribution < -0.4 is 15.8 Å². The van der Waals surface area contributed by atoms with Gasteiger partial charge in [0, 0.05) is 17.8 Å². The van der Waals surface area contributed by atoms with E-state index in [0.717, 1.165) is 17.4 Å². The lowest BCUT2D eigenvalue weighted by atomic mass is 9.80. The first-order valence-corrected chi connectivity index (χ1v) is 7.78. The van der Waals surface area contributed by atoms with Gasteiger partial charge in [-0.25, -0.2) is 0 Å². The molecule has 0 heterocycles. The fraction of sp³-hybridized carbons (Fsp3) is 0.647. The first-order valence-electron chi connectivity index (χ1n) is 7.78. The number of nitrogens with two attached hydrogens (primary N) is 1. The summed E-state index contributed by atoms with van der Waals surface area (Å²) in [4.78, 5) is 0. The topological polar surface area (TPSA) is 47.3 Å². The molecule has 1 aromatic carbocycles. The third kappa shape index (κ3) is 3.81. The Morgan fingerprint density at radius 3 is 2.65 bits per heavy atom. The molecule has 0 radical (unpaired) electrons. The Morgan fingerprint density at radius 2 is 2.00 bits per heavy atom. The van der Waals surface area contributed by atoms with Gasteiger partial charge in [-0.3, -0.25) is 0 Å². The first-order chi connectivity index (χ1) is 9.45. The van der Waals surface area contributed by atoms with E-state index in [1.807, 2.05) is 32.0 Å². The van der Waals surface area contributed by atoms with Gasteiger partial charge >= 0.3 is 0 Å². The summed E-state index contributed by atoms with van der Waals surface area (Å²) in [5.74, 6) is 2.35. The Bertz CT molecular complexity index is 445. The van der Waals surface area contributed by atoms with Crippen LogP contribution in [0.15, 0.2) is 18.2 Å². The molecule has 0 spiro atoms. The zero-order chi connectivity index (χ0) is 14.7. The minimum Gasteiger partial charge on any atom is -0.489 e. The van der Waals surface area contributed by atoms with Crippen molar-refractivity contribution < 1.29 is 4.74 Å². The van der Waals surface area contributed by atoms with Crippen LogP contribution in [0.25, 0.3) is 0 Å². The summed E-state index contributed by atoms with van der Waals surface area (Å²) in [6.45, 7) is 8.73. The fourth-order valence-corrected chi connectivity index (χ4v) is 3.07. The molecule has 112 valence electrons. The molecule has 1 fully saturated rings. The van der Waals surface area contributed by atoms with Crippen LogP contribution in [0, 0.1) is 11.8 Å². The summed E-state index contributed by atoms with van der Waals surface area (Å²) in [5.41, 5.74) is 7.78. The summed E-state index contributed by atoms with van der Waals surface area (Å²) >= 11 is 0. The summed E-state index contributed by atoms with van der Waals surface area (Å²) in [6.07, 6.45) is 4.00. The summed E-state index contributed by atoms with van der Waals surface area (Å²) in [5, 5.41) is 3.66. The summed E-state index contributed by atoms with van der Waals surface area (Å²) in [7, 11) is 0. The van der Waals surface area contributed by atoms with E-state index in [-0.39, 0.29) is 6.10 Å². The third-order valence-corrected chi connectivity index (χ3v) is 4.16. The molecule has 20 heavy (non-hydrogen) atoms. The average molecular weight is 276 g/mol. The molecule has 3 nitrogen and oxygen atoms in total. The van der Waals surface area contributed by atoms with E-state index >= 15 is 0 Å². The molecule has 3 atom stereocenters. The molecule has 1 aliphatic rings. The second-order valence-electron chi connectivity index (χ2n) is 6.57. The molecular formula is C17H28N2O. The minimum absolute atomic E-state index is 0.141. The molecule has 1 aliphatic carbocycles. The van der Waals surface area contributed by atoms with Crippen LogP contribution in [0.4, 0.5) is 11.4 Å². The van der Waals surface area contributed by atoms with Crippen LogP contribution in [0.2, 0.25) is 0 Å². The highest BCUT2D eigenvalue weighted by Crippen LogP contribution is 2.32. The quantitative estimate of drug-likeness (QED) is 0.806. The highest BCUT2D eigenvalue weighted by molar-refractivity contribution is 5.61. The van der Waals surface area contributed by atoms with Crippen molar-refractivity contribution in [3.63, 3.8) is 0 Å². The van der Waals surface area contributed by atoms with E-state index in [0.29, 0.717) is 17.6 Å². The smallest absolute Gasteiger partial charge is 0.144 e. The SMILES string of the molecule is CC1CCC(Nc2ccc(N)c(OC(C)C)c2)C(C)C1. The Hall–Kier alpha value is -1.38. The lowest BCUT2D eigenvalue weighted by Crippen LogP contribution is -2.33. The number of nitrogen functional groups attached to an aromatic ring is 1. The van der Waals surface area contributed by atoms with Crippen molar-refractivity contribution in [2.24, 2.45) is 11.8 Å². The predicted molar refractivity (Wildman–Crippen MR) is 86.2 cm³/mol. The van der Waals surface area contributed by atoms with Crippen LogP contribution in [0.5, 0.6) is 5.75 Å². The second-order valence-corrected chi connectivity index (χ2v) is 6.57. The number of benzene rings is 1. The van der Waals surface area contributed by atoms with Crippen molar-refractivity contribution >= 4 is 11.4 Å². The molecule has 3 heteroatoms. The standard InChI is InChI=1S/C17H28N2O/c1-11(2)20-17-10-14(6-7-15(17)18)19-16-8-5-12(3)9-13(16)4/h6-7,10-13,16,19H,5,8-9,18H2,1-4H3. The van der Waals surface area contributed by atoms with Gasteiger partial charge in [0.05, 0.1) is 11.8 Å². The van der Waals surface area contributed by atoms with Crippen LogP contribution in [-0.4, -0.2) is 12.1 Å². The summed E-state index contributed by atoms with van der Waals surface area (Å²) < 4.78 is 5.75. The highest BCUT2D eigenvalue weighted by Gasteiger charge is 2.25. The van der Waals surface area contributed by atoms with Gasteiger partial charge in [0.15, 0.2) is 0 Å². The van der Waals surface area contributed by atoms with E-state index in [9.17, 15) is 0 Å². The molecular weight excluding hydrogens is 248 g/mol. The molecule has 0 saturated heterocycles. The number of anilines is 2. The first kappa shape index (κ1) is 15.0. The fourth-order valence-electron chi connectivity index (χ4n) is 3.07. The Kier molecular flexibility index (Phi) is 4.79. The monoisotopic (exact) mass is 276 g/mol. The lowest BCUT2D eigenvalue weighted by Gasteiger charge is -2.34. The molecule has 1 aromatic rings. The number of nitrogens with one attached hydrogen (secondary N) is 1. The molecule has 0 bridgehead atoms. The third-order valence-electron chi connectivity index (χ3n) is 4.16. The number of hydrogen-bond acceptors (Lipinski definition) is 3. The van der Waals surface area contributed by atoms with Crippen molar-refractivity contribution in [2.75, 3.05) is 11.1 Å². The predicted octanol–water partition coefficient (Wildman–Crippen LogP) is 4.29. The van der Waals surface area contributed by atoms with Gasteiger partial charge in [0.2, 0.25) is 0 Å². The number of hydrogen-bond donors (Lipinski definition) is 2. The van der Waals surface area contributed by atoms with Crippen LogP contribution >= 0.6 is 0 Å². The van der Waals surface area contributed by atoms with Crippen molar-refractivity contribution in [1.29, 1.82) is 0 Å². The zero-order valence-corrected chi connectivity index (χ0v) is 13.1. The van der Waals surface area contributed by atoms with E-state index in [1.165, 1.54) is 19.3 Å². The van der Waals surface area contributed by atoms with E-state index in [4.69, 9.17) is 10.5 Å². The maximum Gasteiger partial charge on any atom is 0.144 e. The van der Waals surface area contributed by atoms with E-state index in [2.05, 4.69) is 19.2 Å². The van der Waals surface area contributed by atoms with Crippen molar-refractivity contribution in [3.8, 4) is 5.75 Å². The minimum atomic E-state index is 0.141. The molecule has 1 saturated carbocycles. The van der Waals surface area contributed by atoms with Gasteiger partial charge in [-0.2, -0.15) is 0 Å². The molecule has 3 N–H and O–H groups in total. The molecule has 0 aliphatic heterocycles. The van der Waals surface area contributed by atoms with Gasteiger partial charge in [0.1, 0.15) is 5.75 Å². The van der Waals surface area contributed by atoms with Gasteiger partial charge in [0.25, 0.3) is 0 Å². The van der Waals surface area contributed by atoms with E-state index < -0.39 is 0 Å². The maximum atomic E-state index is 5.96. The van der Waals surface area contributed by atoms with Crippen LogP contribution in [0.3, 0.4) is 0 Å². The zero-order valence-electron chi connectivity index (χ0n) is 13.1. The van der Waals surface area contributed by atoms with Crippen LogP contribution in [0.1, 0.15) is 47.0 Å². The van der Waals surface area contributed by atoms with Crippen LogP contribution in [-0.2, 0) is 0 Å². The Balaban J connectivity index is 2.05. The molecule has 0 aromatic heterocycles. The average Bonchev–Trinajstić information content (AvgIpc) is 2.36. The van der Waals surface area contributed by atoms with Crippen molar-refractivity contribution in [3.05, 3.63) is 18.2 Å². The van der Waals surface area contributed by atoms with Gasteiger partial charge in [-0.15, -0.1) is 0 Å². The van der Waals surface area contributed by atoms with Crippen molar-refractivity contribution in [1.82, 2.24) is 0 Å². The summed E-state index contributed by atoms with van der Waals surface area (Å²) in [6, 6.07) is 6.56. The van der Waals surface area contributed by atoms with E-state index in [1.54, 1.807) is 0 Å². The molecule has 2 rings (SSSR count). The Morgan fingerprint density at radius 1 is 1.25 bits per heavy atom. The van der Waals surface area contributed by atoms with Gasteiger partial charge in [-0.1, -0.05) is 13.8 Å². The maximum absolute atomic E-state index is 5.96. The highest BCUT2D eigenvalue weighted by atomic mass is 16.5. The van der Waals surface area contributed by atoms with Gasteiger partial charge in [-0.05, 0) is 57.1 Å². The van der Waals surface area contributed by atoms with Crippen molar-refractivity contribution in [2.45, 2.75) is 59.1 Å². The normalized spacial score (nSPS) is 26.6. The second kappa shape index (κ2) is 6.38. The molecule has 3 unspecified atom stereocenters. The number of rotatable bonds is 4. The number of ether oxygens (including phenoxy) is 1.